The topological polar surface area (TPSA) is 147 Å². The molecule has 2 aromatic carbocycles. The van der Waals surface area contributed by atoms with Crippen molar-refractivity contribution in [3.8, 4) is 0 Å². The summed E-state index contributed by atoms with van der Waals surface area (Å²) in [4.78, 5) is 38.8. The minimum Gasteiger partial charge on any atom is -0.481 e. The van der Waals surface area contributed by atoms with Gasteiger partial charge in [-0.2, -0.15) is 0 Å². The summed E-state index contributed by atoms with van der Waals surface area (Å²) >= 11 is 12.6. The molecule has 13 heteroatoms. The van der Waals surface area contributed by atoms with E-state index in [1.165, 1.54) is 29.2 Å². The first-order valence-corrected chi connectivity index (χ1v) is 13.8. The van der Waals surface area contributed by atoms with Crippen molar-refractivity contribution < 1.29 is 28.0 Å². The van der Waals surface area contributed by atoms with Gasteiger partial charge >= 0.3 is 5.97 Å². The zero-order chi connectivity index (χ0) is 26.4. The van der Waals surface area contributed by atoms with E-state index in [4.69, 9.17) is 23.2 Å². The van der Waals surface area contributed by atoms with Crippen molar-refractivity contribution in [2.75, 3.05) is 6.26 Å². The highest BCUT2D eigenvalue weighted by Gasteiger charge is 2.50. The van der Waals surface area contributed by atoms with Crippen molar-refractivity contribution in [3.05, 3.63) is 73.2 Å². The monoisotopic (exact) mass is 555 g/mol. The summed E-state index contributed by atoms with van der Waals surface area (Å²) in [6.07, 6.45) is 3.33. The van der Waals surface area contributed by atoms with Gasteiger partial charge in [0.2, 0.25) is 10.0 Å². The zero-order valence-electron chi connectivity index (χ0n) is 19.1. The molecule has 0 unspecified atom stereocenters. The van der Waals surface area contributed by atoms with Crippen LogP contribution in [0.15, 0.2) is 36.4 Å². The molecule has 1 aliphatic carbocycles. The normalized spacial score (nSPS) is 24.3. The molecule has 0 radical (unpaired) electrons. The number of hydrogen-bond acceptors (Lipinski definition) is 6. The Kier molecular flexibility index (Phi) is 7.29. The van der Waals surface area contributed by atoms with Crippen molar-refractivity contribution in [1.82, 2.24) is 9.62 Å². The number of nitro benzene ring substituents is 1. The molecule has 1 heterocycles. The Labute approximate surface area is 217 Å². The number of carboxylic acids is 1. The van der Waals surface area contributed by atoms with Crippen molar-refractivity contribution in [1.29, 1.82) is 0 Å². The lowest BCUT2D eigenvalue weighted by atomic mass is 9.76. The highest BCUT2D eigenvalue weighted by atomic mass is 35.5. The summed E-state index contributed by atoms with van der Waals surface area (Å²) in [5.41, 5.74) is -0.0467. The van der Waals surface area contributed by atoms with Gasteiger partial charge in [0.25, 0.3) is 11.6 Å². The molecule has 2 aromatic rings. The van der Waals surface area contributed by atoms with Crippen LogP contribution in [0.3, 0.4) is 0 Å². The van der Waals surface area contributed by atoms with E-state index in [1.807, 2.05) is 0 Å². The highest BCUT2D eigenvalue weighted by molar-refractivity contribution is 7.88. The van der Waals surface area contributed by atoms with Gasteiger partial charge in [-0.15, -0.1) is 0 Å². The second kappa shape index (κ2) is 9.97. The van der Waals surface area contributed by atoms with Gasteiger partial charge in [0.1, 0.15) is 5.92 Å². The van der Waals surface area contributed by atoms with Gasteiger partial charge in [0.15, 0.2) is 0 Å². The van der Waals surface area contributed by atoms with E-state index in [0.29, 0.717) is 29.8 Å². The number of amides is 1. The summed E-state index contributed by atoms with van der Waals surface area (Å²) < 4.78 is 26.8. The van der Waals surface area contributed by atoms with E-state index in [-0.39, 0.29) is 21.8 Å². The molecule has 0 spiro atoms. The average molecular weight is 556 g/mol. The number of hydrogen-bond donors (Lipinski definition) is 2. The Balaban J connectivity index is 1.97. The number of non-ortho nitro benzene ring substituents is 1. The number of fused-ring (bicyclic) bond motifs is 1. The Morgan fingerprint density at radius 2 is 1.83 bits per heavy atom. The maximum Gasteiger partial charge on any atom is 0.313 e. The summed E-state index contributed by atoms with van der Waals surface area (Å²) in [5, 5.41) is 22.2. The molecule has 0 aromatic heterocycles. The number of nitrogens with one attached hydrogen (secondary N) is 1. The van der Waals surface area contributed by atoms with Gasteiger partial charge in [-0.05, 0) is 42.2 Å². The fraction of sp³-hybridized carbons (Fsp3) is 0.391. The molecule has 0 bridgehead atoms. The van der Waals surface area contributed by atoms with Crippen LogP contribution in [0.5, 0.6) is 0 Å². The van der Waals surface area contributed by atoms with Crippen LogP contribution in [0.1, 0.15) is 59.1 Å². The van der Waals surface area contributed by atoms with Crippen molar-refractivity contribution in [2.45, 2.75) is 49.7 Å². The van der Waals surface area contributed by atoms with Crippen LogP contribution in [0.4, 0.5) is 5.69 Å². The number of carboxylic acid groups (broad SMARTS) is 1. The average Bonchev–Trinajstić information content (AvgIpc) is 2.78. The second-order valence-corrected chi connectivity index (χ2v) is 11.6. The first-order valence-electron chi connectivity index (χ1n) is 11.1. The lowest BCUT2D eigenvalue weighted by Gasteiger charge is -2.48. The Morgan fingerprint density at radius 1 is 1.14 bits per heavy atom. The lowest BCUT2D eigenvalue weighted by Crippen LogP contribution is -2.58. The predicted octanol–water partition coefficient (Wildman–Crippen LogP) is 4.13. The molecular formula is C23H23Cl2N3O7S. The van der Waals surface area contributed by atoms with E-state index in [1.54, 1.807) is 0 Å². The van der Waals surface area contributed by atoms with Crippen LogP contribution in [0.2, 0.25) is 10.0 Å². The van der Waals surface area contributed by atoms with Gasteiger partial charge in [-0.25, -0.2) is 13.1 Å². The molecule has 4 rings (SSSR count). The number of aliphatic carboxylic acids is 1. The number of benzene rings is 2. The third-order valence-corrected chi connectivity index (χ3v) is 7.95. The van der Waals surface area contributed by atoms with Crippen LogP contribution >= 0.6 is 23.2 Å². The maximum absolute atomic E-state index is 14.0. The van der Waals surface area contributed by atoms with Crippen LogP contribution in [-0.2, 0) is 14.8 Å². The number of nitro groups is 1. The Hall–Kier alpha value is -2.73. The van der Waals surface area contributed by atoms with Crippen LogP contribution in [0, 0.1) is 10.1 Å². The number of rotatable bonds is 6. The molecule has 36 heavy (non-hydrogen) atoms. The van der Waals surface area contributed by atoms with Gasteiger partial charge < -0.3 is 10.0 Å². The van der Waals surface area contributed by atoms with E-state index in [0.717, 1.165) is 24.8 Å². The third-order valence-electron chi connectivity index (χ3n) is 6.66. The summed E-state index contributed by atoms with van der Waals surface area (Å²) in [7, 11) is -3.64. The third kappa shape index (κ3) is 5.06. The fourth-order valence-electron chi connectivity index (χ4n) is 5.26. The Bertz CT molecular complexity index is 1350. The number of carbonyl (C=O) groups excluding carboxylic acids is 1. The minimum atomic E-state index is -3.64. The van der Waals surface area contributed by atoms with Gasteiger partial charge in [-0.3, -0.25) is 19.7 Å². The number of halogens is 2. The zero-order valence-corrected chi connectivity index (χ0v) is 21.4. The van der Waals surface area contributed by atoms with E-state index < -0.39 is 50.9 Å². The van der Waals surface area contributed by atoms with Crippen molar-refractivity contribution in [2.24, 2.45) is 0 Å². The summed E-state index contributed by atoms with van der Waals surface area (Å²) in [5.74, 6) is -3.27. The molecule has 192 valence electrons. The molecule has 1 aliphatic heterocycles. The Morgan fingerprint density at radius 3 is 2.44 bits per heavy atom. The van der Waals surface area contributed by atoms with E-state index >= 15 is 0 Å². The van der Waals surface area contributed by atoms with Crippen molar-refractivity contribution in [3.63, 3.8) is 0 Å². The van der Waals surface area contributed by atoms with E-state index in [2.05, 4.69) is 4.72 Å². The van der Waals surface area contributed by atoms with Gasteiger partial charge in [0.05, 0.1) is 17.2 Å². The first kappa shape index (κ1) is 26.3. The summed E-state index contributed by atoms with van der Waals surface area (Å²) in [6.45, 7) is 0. The molecule has 1 amide bonds. The largest absolute Gasteiger partial charge is 0.481 e. The molecule has 0 saturated heterocycles. The smallest absolute Gasteiger partial charge is 0.313 e. The number of carbonyl (C=O) groups is 2. The molecule has 10 nitrogen and oxygen atoms in total. The standard InChI is InChI=1S/C23H23Cl2N3O7S/c1-36(34,35)26-18-4-2-3-5-19(18)27-21(15-8-6-12(24)10-17(15)25)20(23(30)31)16-11-13(28(32)33)7-9-14(16)22(27)29/h6-11,18-21,26H,2-5H2,1H3,(H,30,31)/t18-,19-,20+,21-/m0/s1. The highest BCUT2D eigenvalue weighted by Crippen LogP contribution is 2.48. The van der Waals surface area contributed by atoms with Crippen molar-refractivity contribution >= 4 is 50.8 Å². The maximum atomic E-state index is 14.0. The van der Waals surface area contributed by atoms with Crippen LogP contribution in [0.25, 0.3) is 0 Å². The minimum absolute atomic E-state index is 0.00241. The van der Waals surface area contributed by atoms with Gasteiger partial charge in [0, 0.05) is 39.8 Å². The SMILES string of the molecule is CS(=O)(=O)N[C@H]1CCCC[C@@H]1N1C(=O)c2ccc([N+](=O)[O-])cc2[C@@H](C(=O)O)[C@@H]1c1ccc(Cl)cc1Cl. The van der Waals surface area contributed by atoms with Crippen LogP contribution in [-0.4, -0.2) is 53.6 Å². The van der Waals surface area contributed by atoms with Gasteiger partial charge in [-0.1, -0.05) is 42.1 Å². The number of nitrogens with zero attached hydrogens (tertiary/aromatic N) is 2. The number of sulfonamides is 1. The quantitative estimate of drug-likeness (QED) is 0.402. The van der Waals surface area contributed by atoms with E-state index in [9.17, 15) is 33.2 Å². The molecule has 2 aliphatic rings. The fourth-order valence-corrected chi connectivity index (χ4v) is 6.61. The second-order valence-electron chi connectivity index (χ2n) is 9.02. The lowest BCUT2D eigenvalue weighted by molar-refractivity contribution is -0.384. The molecule has 1 saturated carbocycles. The molecule has 1 fully saturated rings. The predicted molar refractivity (Wildman–Crippen MR) is 133 cm³/mol. The van der Waals surface area contributed by atoms with Crippen LogP contribution < -0.4 is 4.72 Å². The summed E-state index contributed by atoms with van der Waals surface area (Å²) in [6, 6.07) is 5.47. The molecular weight excluding hydrogens is 533 g/mol. The molecule has 2 N–H and O–H groups in total. The first-order chi connectivity index (χ1) is 16.9. The molecule has 4 atom stereocenters.